The first-order valence-corrected chi connectivity index (χ1v) is 11.3. The molecule has 1 N–H and O–H groups in total. The van der Waals surface area contributed by atoms with Crippen LogP contribution in [0.25, 0.3) is 0 Å². The summed E-state index contributed by atoms with van der Waals surface area (Å²) in [5.74, 6) is -0.681. The number of benzene rings is 1. The number of amides is 1. The van der Waals surface area contributed by atoms with Crippen LogP contribution < -0.4 is 4.90 Å². The number of hydrogen-bond donors (Lipinski definition) is 1. The van der Waals surface area contributed by atoms with Crippen molar-refractivity contribution in [1.29, 1.82) is 0 Å². The van der Waals surface area contributed by atoms with E-state index in [2.05, 4.69) is 4.98 Å². The van der Waals surface area contributed by atoms with Crippen LogP contribution in [0.1, 0.15) is 12.0 Å². The summed E-state index contributed by atoms with van der Waals surface area (Å²) in [5.41, 5.74) is 1.73. The zero-order valence-corrected chi connectivity index (χ0v) is 17.3. The van der Waals surface area contributed by atoms with Crippen molar-refractivity contribution in [2.24, 2.45) is 0 Å². The molecule has 1 fully saturated rings. The molecule has 10 heteroatoms. The zero-order chi connectivity index (χ0) is 21.6. The van der Waals surface area contributed by atoms with Crippen LogP contribution in [0.15, 0.2) is 48.8 Å². The Morgan fingerprint density at radius 3 is 2.47 bits per heavy atom. The van der Waals surface area contributed by atoms with E-state index in [1.807, 2.05) is 11.0 Å². The van der Waals surface area contributed by atoms with Crippen molar-refractivity contribution in [2.45, 2.75) is 18.9 Å². The summed E-state index contributed by atoms with van der Waals surface area (Å²) in [6, 6.07) is 8.86. The standard InChI is InChI=1S/C20H25FN4O4S/c21-18-4-7-19(8-5-18)23-10-12-24(13-11-23)30(28,29)15-20(25(27)16-26)6-3-17-2-1-9-22-14-17/h1-2,4-5,7-9,14,16,20,27H,3,6,10-13,15H2. The van der Waals surface area contributed by atoms with Crippen molar-refractivity contribution in [3.8, 4) is 0 Å². The zero-order valence-electron chi connectivity index (χ0n) is 16.5. The quantitative estimate of drug-likeness (QED) is 0.364. The molecule has 162 valence electrons. The highest BCUT2D eigenvalue weighted by molar-refractivity contribution is 7.89. The molecule has 1 unspecified atom stereocenters. The Morgan fingerprint density at radius 2 is 1.87 bits per heavy atom. The molecule has 1 saturated heterocycles. The lowest BCUT2D eigenvalue weighted by molar-refractivity contribution is -0.158. The predicted octanol–water partition coefficient (Wildman–Crippen LogP) is 1.52. The second-order valence-corrected chi connectivity index (χ2v) is 9.19. The van der Waals surface area contributed by atoms with Crippen molar-refractivity contribution in [2.75, 3.05) is 36.8 Å². The van der Waals surface area contributed by atoms with Crippen LogP contribution in [0.3, 0.4) is 0 Å². The molecule has 1 atom stereocenters. The van der Waals surface area contributed by atoms with Gasteiger partial charge in [-0.1, -0.05) is 6.07 Å². The van der Waals surface area contributed by atoms with Gasteiger partial charge in [0.05, 0.1) is 11.8 Å². The van der Waals surface area contributed by atoms with Crippen LogP contribution >= 0.6 is 0 Å². The summed E-state index contributed by atoms with van der Waals surface area (Å²) >= 11 is 0. The number of hydroxylamine groups is 2. The summed E-state index contributed by atoms with van der Waals surface area (Å²) < 4.78 is 40.3. The lowest BCUT2D eigenvalue weighted by Gasteiger charge is -2.36. The van der Waals surface area contributed by atoms with Gasteiger partial charge in [-0.2, -0.15) is 4.31 Å². The largest absolute Gasteiger partial charge is 0.369 e. The topological polar surface area (TPSA) is 94.0 Å². The maximum atomic E-state index is 13.1. The number of rotatable bonds is 9. The summed E-state index contributed by atoms with van der Waals surface area (Å²) in [5, 5.41) is 10.3. The monoisotopic (exact) mass is 436 g/mol. The van der Waals surface area contributed by atoms with Crippen molar-refractivity contribution in [3.05, 3.63) is 60.2 Å². The van der Waals surface area contributed by atoms with Gasteiger partial charge in [0.2, 0.25) is 16.4 Å². The number of aromatic nitrogens is 1. The molecule has 2 heterocycles. The number of halogens is 1. The molecular formula is C20H25FN4O4S. The molecule has 8 nitrogen and oxygen atoms in total. The highest BCUT2D eigenvalue weighted by Gasteiger charge is 2.31. The van der Waals surface area contributed by atoms with E-state index in [1.54, 1.807) is 30.6 Å². The average Bonchev–Trinajstić information content (AvgIpc) is 2.77. The highest BCUT2D eigenvalue weighted by Crippen LogP contribution is 2.19. The molecule has 0 aliphatic carbocycles. The third-order valence-corrected chi connectivity index (χ3v) is 7.16. The van der Waals surface area contributed by atoms with Gasteiger partial charge >= 0.3 is 0 Å². The minimum absolute atomic E-state index is 0.232. The Labute approximate surface area is 175 Å². The number of sulfonamides is 1. The minimum atomic E-state index is -3.68. The van der Waals surface area contributed by atoms with Gasteiger partial charge in [-0.3, -0.25) is 15.0 Å². The van der Waals surface area contributed by atoms with Crippen LogP contribution in [-0.2, 0) is 21.2 Å². The van der Waals surface area contributed by atoms with Gasteiger partial charge in [-0.25, -0.2) is 17.9 Å². The van der Waals surface area contributed by atoms with E-state index in [4.69, 9.17) is 0 Å². The lowest BCUT2D eigenvalue weighted by Crippen LogP contribution is -2.51. The first kappa shape index (κ1) is 22.1. The van der Waals surface area contributed by atoms with E-state index in [0.29, 0.717) is 24.6 Å². The van der Waals surface area contributed by atoms with Crippen LogP contribution in [0.2, 0.25) is 0 Å². The Hall–Kier alpha value is -2.56. The predicted molar refractivity (Wildman–Crippen MR) is 110 cm³/mol. The van der Waals surface area contributed by atoms with Crippen LogP contribution in [0.4, 0.5) is 10.1 Å². The fourth-order valence-corrected chi connectivity index (χ4v) is 5.22. The van der Waals surface area contributed by atoms with Gasteiger partial charge in [-0.15, -0.1) is 0 Å². The van der Waals surface area contributed by atoms with Gasteiger partial charge in [0.15, 0.2) is 0 Å². The first-order chi connectivity index (χ1) is 14.4. The Kier molecular flexibility index (Phi) is 7.35. The molecule has 3 rings (SSSR count). The molecular weight excluding hydrogens is 411 g/mol. The smallest absolute Gasteiger partial charge is 0.233 e. The average molecular weight is 437 g/mol. The maximum absolute atomic E-state index is 13.1. The number of carbonyl (C=O) groups excluding carboxylic acids is 1. The van der Waals surface area contributed by atoms with E-state index >= 15 is 0 Å². The van der Waals surface area contributed by atoms with Crippen molar-refractivity contribution in [3.63, 3.8) is 0 Å². The SMILES string of the molecule is O=CN(O)C(CCc1cccnc1)CS(=O)(=O)N1CCN(c2ccc(F)cc2)CC1. The number of piperazine rings is 1. The molecule has 0 spiro atoms. The Balaban J connectivity index is 1.60. The van der Waals surface area contributed by atoms with Crippen molar-refractivity contribution < 1.29 is 22.8 Å². The van der Waals surface area contributed by atoms with Gasteiger partial charge < -0.3 is 4.90 Å². The molecule has 0 radical (unpaired) electrons. The second-order valence-electron chi connectivity index (χ2n) is 7.18. The molecule has 2 aromatic rings. The van der Waals surface area contributed by atoms with Gasteiger partial charge in [0, 0.05) is 44.3 Å². The first-order valence-electron chi connectivity index (χ1n) is 9.69. The second kappa shape index (κ2) is 9.96. The van der Waals surface area contributed by atoms with E-state index in [1.165, 1.54) is 16.4 Å². The molecule has 0 bridgehead atoms. The highest BCUT2D eigenvalue weighted by atomic mass is 32.2. The van der Waals surface area contributed by atoms with Gasteiger partial charge in [-0.05, 0) is 48.7 Å². The van der Waals surface area contributed by atoms with E-state index in [9.17, 15) is 22.8 Å². The van der Waals surface area contributed by atoms with Crippen LogP contribution in [0, 0.1) is 5.82 Å². The number of nitrogens with zero attached hydrogens (tertiary/aromatic N) is 4. The van der Waals surface area contributed by atoms with Crippen molar-refractivity contribution >= 4 is 22.1 Å². The minimum Gasteiger partial charge on any atom is -0.369 e. The fraction of sp³-hybridized carbons (Fsp3) is 0.400. The van der Waals surface area contributed by atoms with E-state index in [-0.39, 0.29) is 37.5 Å². The van der Waals surface area contributed by atoms with E-state index < -0.39 is 16.1 Å². The summed E-state index contributed by atoms with van der Waals surface area (Å²) in [6.07, 6.45) is 4.31. The normalized spacial score (nSPS) is 16.3. The summed E-state index contributed by atoms with van der Waals surface area (Å²) in [6.45, 7) is 1.51. The number of hydrogen-bond acceptors (Lipinski definition) is 6. The molecule has 30 heavy (non-hydrogen) atoms. The molecule has 1 aromatic carbocycles. The van der Waals surface area contributed by atoms with Crippen molar-refractivity contribution in [1.82, 2.24) is 14.4 Å². The molecule has 1 aromatic heterocycles. The number of carbonyl (C=O) groups is 1. The third-order valence-electron chi connectivity index (χ3n) is 5.20. The molecule has 0 saturated carbocycles. The number of aryl methyl sites for hydroxylation is 1. The van der Waals surface area contributed by atoms with Crippen LogP contribution in [-0.4, -0.2) is 72.4 Å². The molecule has 1 amide bonds. The third kappa shape index (κ3) is 5.74. The Bertz CT molecular complexity index is 920. The summed E-state index contributed by atoms with van der Waals surface area (Å²) in [7, 11) is -3.68. The van der Waals surface area contributed by atoms with Gasteiger partial charge in [0.1, 0.15) is 5.82 Å². The molecule has 1 aliphatic rings. The van der Waals surface area contributed by atoms with Gasteiger partial charge in [0.25, 0.3) is 0 Å². The maximum Gasteiger partial charge on any atom is 0.233 e. The summed E-state index contributed by atoms with van der Waals surface area (Å²) in [4.78, 5) is 17.1. The Morgan fingerprint density at radius 1 is 1.17 bits per heavy atom. The number of pyridine rings is 1. The van der Waals surface area contributed by atoms with E-state index in [0.717, 1.165) is 11.3 Å². The number of anilines is 1. The fourth-order valence-electron chi connectivity index (χ4n) is 3.48. The lowest BCUT2D eigenvalue weighted by atomic mass is 10.1. The van der Waals surface area contributed by atoms with Crippen LogP contribution in [0.5, 0.6) is 0 Å². The molecule has 1 aliphatic heterocycles.